The van der Waals surface area contributed by atoms with Gasteiger partial charge in [-0.15, -0.1) is 0 Å². The monoisotopic (exact) mass is 431 g/mol. The highest BCUT2D eigenvalue weighted by Crippen LogP contribution is 2.45. The van der Waals surface area contributed by atoms with Crippen molar-refractivity contribution in [3.63, 3.8) is 0 Å². The molecule has 2 aliphatic heterocycles. The quantitative estimate of drug-likeness (QED) is 0.469. The summed E-state index contributed by atoms with van der Waals surface area (Å²) in [5, 5.41) is 0. The second-order valence-electron chi connectivity index (χ2n) is 8.00. The standard InChI is InChI=1S/C23H29NO5S/c1-27-18-8-6-17(7-9-18)22-16-24-12-3-5-23(24)21-15-19(10-11-20(21)22)28-13-4-14-29-30(2,25)26/h6-11,15,22-23H,3-5,12-14,16H2,1-2H3. The van der Waals surface area contributed by atoms with Gasteiger partial charge in [0, 0.05) is 24.9 Å². The molecule has 2 aliphatic rings. The second kappa shape index (κ2) is 8.96. The fourth-order valence-electron chi connectivity index (χ4n) is 4.56. The first kappa shape index (κ1) is 21.2. The van der Waals surface area contributed by atoms with Crippen molar-refractivity contribution in [3.8, 4) is 11.5 Å². The summed E-state index contributed by atoms with van der Waals surface area (Å²) < 4.78 is 38.1. The van der Waals surface area contributed by atoms with Crippen LogP contribution in [0.25, 0.3) is 0 Å². The van der Waals surface area contributed by atoms with E-state index in [1.54, 1.807) is 7.11 Å². The molecule has 6 nitrogen and oxygen atoms in total. The van der Waals surface area contributed by atoms with Gasteiger partial charge in [-0.25, -0.2) is 0 Å². The Morgan fingerprint density at radius 3 is 2.53 bits per heavy atom. The Bertz CT molecular complexity index is 974. The molecule has 2 unspecified atom stereocenters. The Balaban J connectivity index is 1.51. The van der Waals surface area contributed by atoms with Crippen molar-refractivity contribution in [2.24, 2.45) is 0 Å². The predicted octanol–water partition coefficient (Wildman–Crippen LogP) is 3.72. The van der Waals surface area contributed by atoms with E-state index in [2.05, 4.69) is 29.2 Å². The lowest BCUT2D eigenvalue weighted by atomic mass is 9.81. The molecule has 0 amide bonds. The topological polar surface area (TPSA) is 65.1 Å². The number of hydrogen-bond donors (Lipinski definition) is 0. The Kier molecular flexibility index (Phi) is 6.32. The van der Waals surface area contributed by atoms with E-state index >= 15 is 0 Å². The highest BCUT2D eigenvalue weighted by Gasteiger charge is 2.36. The molecule has 0 saturated carbocycles. The van der Waals surface area contributed by atoms with Crippen molar-refractivity contribution in [2.45, 2.75) is 31.2 Å². The van der Waals surface area contributed by atoms with Gasteiger partial charge < -0.3 is 9.47 Å². The summed E-state index contributed by atoms with van der Waals surface area (Å²) in [4.78, 5) is 2.58. The number of fused-ring (bicyclic) bond motifs is 3. The van der Waals surface area contributed by atoms with E-state index in [0.717, 1.165) is 30.8 Å². The first-order valence-electron chi connectivity index (χ1n) is 10.4. The van der Waals surface area contributed by atoms with E-state index in [-0.39, 0.29) is 6.61 Å². The van der Waals surface area contributed by atoms with Gasteiger partial charge in [0.05, 0.1) is 26.6 Å². The number of hydrogen-bond acceptors (Lipinski definition) is 6. The Hall–Kier alpha value is -2.09. The van der Waals surface area contributed by atoms with Gasteiger partial charge in [0.15, 0.2) is 0 Å². The lowest BCUT2D eigenvalue weighted by molar-refractivity contribution is 0.227. The summed E-state index contributed by atoms with van der Waals surface area (Å²) in [5.41, 5.74) is 4.02. The maximum absolute atomic E-state index is 11.0. The van der Waals surface area contributed by atoms with Crippen molar-refractivity contribution >= 4 is 10.1 Å². The average Bonchev–Trinajstić information content (AvgIpc) is 3.21. The van der Waals surface area contributed by atoms with Crippen LogP contribution in [-0.4, -0.2) is 53.0 Å². The van der Waals surface area contributed by atoms with E-state index in [0.29, 0.717) is 25.0 Å². The van der Waals surface area contributed by atoms with Crippen LogP contribution in [0.15, 0.2) is 42.5 Å². The van der Waals surface area contributed by atoms with Gasteiger partial charge in [0.2, 0.25) is 0 Å². The first-order chi connectivity index (χ1) is 14.4. The molecule has 1 fully saturated rings. The van der Waals surface area contributed by atoms with Crippen LogP contribution in [0.3, 0.4) is 0 Å². The van der Waals surface area contributed by atoms with Crippen LogP contribution in [0, 0.1) is 0 Å². The van der Waals surface area contributed by atoms with Crippen LogP contribution < -0.4 is 9.47 Å². The van der Waals surface area contributed by atoms with Crippen LogP contribution in [0.5, 0.6) is 11.5 Å². The predicted molar refractivity (Wildman–Crippen MR) is 116 cm³/mol. The molecule has 0 aliphatic carbocycles. The highest BCUT2D eigenvalue weighted by molar-refractivity contribution is 7.85. The van der Waals surface area contributed by atoms with E-state index in [9.17, 15) is 8.42 Å². The highest BCUT2D eigenvalue weighted by atomic mass is 32.2. The molecule has 2 aromatic carbocycles. The van der Waals surface area contributed by atoms with E-state index in [4.69, 9.17) is 13.7 Å². The number of ether oxygens (including phenoxy) is 2. The van der Waals surface area contributed by atoms with Crippen molar-refractivity contribution in [1.82, 2.24) is 4.90 Å². The third kappa shape index (κ3) is 4.79. The van der Waals surface area contributed by atoms with Gasteiger partial charge in [0.25, 0.3) is 10.1 Å². The number of rotatable bonds is 8. The SMILES string of the molecule is COc1ccc(C2CN3CCCC3c3cc(OCCCOS(C)(=O)=O)ccc32)cc1. The summed E-state index contributed by atoms with van der Waals surface area (Å²) in [7, 11) is -1.71. The fourth-order valence-corrected chi connectivity index (χ4v) is 4.98. The average molecular weight is 432 g/mol. The van der Waals surface area contributed by atoms with E-state index in [1.807, 2.05) is 18.2 Å². The van der Waals surface area contributed by atoms with E-state index < -0.39 is 10.1 Å². The Morgan fingerprint density at radius 2 is 1.80 bits per heavy atom. The lowest BCUT2D eigenvalue weighted by Crippen LogP contribution is -2.34. The van der Waals surface area contributed by atoms with Crippen LogP contribution in [0.1, 0.15) is 47.9 Å². The zero-order chi connectivity index (χ0) is 21.1. The smallest absolute Gasteiger partial charge is 0.264 e. The summed E-state index contributed by atoms with van der Waals surface area (Å²) in [6.07, 6.45) is 3.97. The molecule has 0 bridgehead atoms. The molecule has 30 heavy (non-hydrogen) atoms. The maximum Gasteiger partial charge on any atom is 0.264 e. The van der Waals surface area contributed by atoms with Crippen molar-refractivity contribution < 1.29 is 22.1 Å². The molecule has 1 saturated heterocycles. The van der Waals surface area contributed by atoms with Gasteiger partial charge in [-0.1, -0.05) is 18.2 Å². The van der Waals surface area contributed by atoms with Gasteiger partial charge in [-0.3, -0.25) is 9.08 Å². The molecular formula is C23H29NO5S. The molecule has 162 valence electrons. The summed E-state index contributed by atoms with van der Waals surface area (Å²) in [5.74, 6) is 2.03. The zero-order valence-electron chi connectivity index (χ0n) is 17.5. The van der Waals surface area contributed by atoms with Crippen LogP contribution >= 0.6 is 0 Å². The molecule has 2 heterocycles. The van der Waals surface area contributed by atoms with Gasteiger partial charge in [-0.2, -0.15) is 8.42 Å². The summed E-state index contributed by atoms with van der Waals surface area (Å²) >= 11 is 0. The van der Waals surface area contributed by atoms with Gasteiger partial charge >= 0.3 is 0 Å². The molecular weight excluding hydrogens is 402 g/mol. The lowest BCUT2D eigenvalue weighted by Gasteiger charge is -2.37. The zero-order valence-corrected chi connectivity index (χ0v) is 18.4. The maximum atomic E-state index is 11.0. The van der Waals surface area contributed by atoms with Gasteiger partial charge in [0.1, 0.15) is 11.5 Å². The van der Waals surface area contributed by atoms with Crippen LogP contribution in [0.4, 0.5) is 0 Å². The summed E-state index contributed by atoms with van der Waals surface area (Å²) in [6.45, 7) is 2.72. The van der Waals surface area contributed by atoms with Crippen LogP contribution in [0.2, 0.25) is 0 Å². The molecule has 0 N–H and O–H groups in total. The minimum atomic E-state index is -3.40. The molecule has 2 atom stereocenters. The van der Waals surface area contributed by atoms with Crippen molar-refractivity contribution in [1.29, 1.82) is 0 Å². The Labute approximate surface area is 178 Å². The molecule has 4 rings (SSSR count). The summed E-state index contributed by atoms with van der Waals surface area (Å²) in [6, 6.07) is 15.2. The van der Waals surface area contributed by atoms with Gasteiger partial charge in [-0.05, 0) is 60.3 Å². The molecule has 0 aromatic heterocycles. The minimum Gasteiger partial charge on any atom is -0.497 e. The van der Waals surface area contributed by atoms with Crippen molar-refractivity contribution in [2.75, 3.05) is 39.7 Å². The third-order valence-electron chi connectivity index (χ3n) is 5.95. The van der Waals surface area contributed by atoms with Crippen molar-refractivity contribution in [3.05, 3.63) is 59.2 Å². The number of benzene rings is 2. The molecule has 0 radical (unpaired) electrons. The first-order valence-corrected chi connectivity index (χ1v) is 12.3. The normalized spacial score (nSPS) is 21.1. The number of nitrogens with zero attached hydrogens (tertiary/aromatic N) is 1. The Morgan fingerprint density at radius 1 is 1.03 bits per heavy atom. The third-order valence-corrected chi connectivity index (χ3v) is 6.54. The fraction of sp³-hybridized carbons (Fsp3) is 0.478. The molecule has 2 aromatic rings. The minimum absolute atomic E-state index is 0.139. The second-order valence-corrected chi connectivity index (χ2v) is 9.64. The van der Waals surface area contributed by atoms with E-state index in [1.165, 1.54) is 29.5 Å². The molecule has 7 heteroatoms. The molecule has 0 spiro atoms. The van der Waals surface area contributed by atoms with Crippen LogP contribution in [-0.2, 0) is 14.3 Å². The largest absolute Gasteiger partial charge is 0.497 e. The number of methoxy groups -OCH3 is 1.